The quantitative estimate of drug-likeness (QED) is 0.713. The molecule has 0 saturated carbocycles. The Balaban J connectivity index is 0.000000637. The first-order chi connectivity index (χ1) is 9.34. The minimum Gasteiger partial charge on any atom is -0.368 e. The van der Waals surface area contributed by atoms with Crippen LogP contribution in [0.1, 0.15) is 13.8 Å². The molecule has 0 saturated heterocycles. The van der Waals surface area contributed by atoms with Crippen LogP contribution in [-0.4, -0.2) is 9.97 Å². The molecule has 0 amide bonds. The van der Waals surface area contributed by atoms with Gasteiger partial charge in [-0.05, 0) is 6.07 Å². The molecule has 0 spiro atoms. The van der Waals surface area contributed by atoms with Gasteiger partial charge in [-0.3, -0.25) is 0 Å². The van der Waals surface area contributed by atoms with Gasteiger partial charge in [0, 0.05) is 10.9 Å². The first-order valence-corrected chi connectivity index (χ1v) is 6.42. The molecule has 0 aliphatic carbocycles. The van der Waals surface area contributed by atoms with Gasteiger partial charge in [0.15, 0.2) is 0 Å². The van der Waals surface area contributed by atoms with E-state index in [1.165, 1.54) is 0 Å². The summed E-state index contributed by atoms with van der Waals surface area (Å²) in [6, 6.07) is 17.9. The SMILES string of the molecule is CC.Nc1nc(-c2ccccc2)c2ccccc2n1. The number of hydrogen-bond acceptors (Lipinski definition) is 3. The highest BCUT2D eigenvalue weighted by molar-refractivity contribution is 5.92. The zero-order chi connectivity index (χ0) is 13.7. The largest absolute Gasteiger partial charge is 0.368 e. The molecule has 3 nitrogen and oxygen atoms in total. The van der Waals surface area contributed by atoms with Gasteiger partial charge in [-0.25, -0.2) is 9.97 Å². The van der Waals surface area contributed by atoms with Crippen LogP contribution >= 0.6 is 0 Å². The summed E-state index contributed by atoms with van der Waals surface area (Å²) in [5, 5.41) is 1.02. The molecule has 96 valence electrons. The second-order valence-corrected chi connectivity index (χ2v) is 3.81. The number of nitrogen functional groups attached to an aromatic ring is 1. The first kappa shape index (κ1) is 13.0. The van der Waals surface area contributed by atoms with Gasteiger partial charge in [-0.15, -0.1) is 0 Å². The third-order valence-electron chi connectivity index (χ3n) is 2.67. The second kappa shape index (κ2) is 5.96. The Kier molecular flexibility index (Phi) is 4.08. The van der Waals surface area contributed by atoms with Crippen molar-refractivity contribution in [3.05, 3.63) is 54.6 Å². The van der Waals surface area contributed by atoms with Gasteiger partial charge < -0.3 is 5.73 Å². The molecule has 0 aliphatic rings. The fraction of sp³-hybridized carbons (Fsp3) is 0.125. The highest BCUT2D eigenvalue weighted by atomic mass is 15.0. The average molecular weight is 251 g/mol. The molecule has 3 heteroatoms. The van der Waals surface area contributed by atoms with E-state index in [0.717, 1.165) is 22.2 Å². The highest BCUT2D eigenvalue weighted by Crippen LogP contribution is 2.25. The van der Waals surface area contributed by atoms with E-state index >= 15 is 0 Å². The highest BCUT2D eigenvalue weighted by Gasteiger charge is 2.06. The lowest BCUT2D eigenvalue weighted by atomic mass is 10.1. The molecule has 1 aromatic heterocycles. The van der Waals surface area contributed by atoms with Crippen molar-refractivity contribution in [1.82, 2.24) is 9.97 Å². The van der Waals surface area contributed by atoms with E-state index in [0.29, 0.717) is 5.95 Å². The third-order valence-corrected chi connectivity index (χ3v) is 2.67. The summed E-state index contributed by atoms with van der Waals surface area (Å²) in [4.78, 5) is 8.57. The standard InChI is InChI=1S/C14H11N3.C2H6/c15-14-16-12-9-5-4-8-11(12)13(17-14)10-6-2-1-3-7-10;1-2/h1-9H,(H2,15,16,17);1-2H3. The number of nitrogens with two attached hydrogens (primary N) is 1. The topological polar surface area (TPSA) is 51.8 Å². The minimum absolute atomic E-state index is 0.308. The van der Waals surface area contributed by atoms with Crippen LogP contribution in [0.3, 0.4) is 0 Å². The molecular formula is C16H17N3. The van der Waals surface area contributed by atoms with Crippen molar-refractivity contribution < 1.29 is 0 Å². The number of aromatic nitrogens is 2. The number of para-hydroxylation sites is 1. The Morgan fingerprint density at radius 3 is 2.16 bits per heavy atom. The van der Waals surface area contributed by atoms with Crippen molar-refractivity contribution in [3.8, 4) is 11.3 Å². The molecule has 3 rings (SSSR count). The van der Waals surface area contributed by atoms with E-state index in [-0.39, 0.29) is 0 Å². The summed E-state index contributed by atoms with van der Waals surface area (Å²) in [7, 11) is 0. The van der Waals surface area contributed by atoms with Crippen LogP contribution in [0.4, 0.5) is 5.95 Å². The number of hydrogen-bond donors (Lipinski definition) is 1. The lowest BCUT2D eigenvalue weighted by Crippen LogP contribution is -1.97. The molecule has 0 fully saturated rings. The van der Waals surface area contributed by atoms with Gasteiger partial charge >= 0.3 is 0 Å². The van der Waals surface area contributed by atoms with E-state index in [1.54, 1.807) is 0 Å². The molecule has 3 aromatic rings. The number of rotatable bonds is 1. The van der Waals surface area contributed by atoms with Crippen LogP contribution < -0.4 is 5.73 Å². The molecule has 1 heterocycles. The van der Waals surface area contributed by atoms with Crippen LogP contribution in [0.25, 0.3) is 22.2 Å². The van der Waals surface area contributed by atoms with Crippen LogP contribution in [0.15, 0.2) is 54.6 Å². The average Bonchev–Trinajstić information content (AvgIpc) is 2.49. The second-order valence-electron chi connectivity index (χ2n) is 3.81. The summed E-state index contributed by atoms with van der Waals surface area (Å²) in [6.45, 7) is 4.00. The maximum atomic E-state index is 5.74. The van der Waals surface area contributed by atoms with Crippen molar-refractivity contribution in [2.75, 3.05) is 5.73 Å². The third kappa shape index (κ3) is 2.71. The Hall–Kier alpha value is -2.42. The number of anilines is 1. The number of nitrogens with zero attached hydrogens (tertiary/aromatic N) is 2. The predicted octanol–water partition coefficient (Wildman–Crippen LogP) is 3.91. The van der Waals surface area contributed by atoms with E-state index in [1.807, 2.05) is 68.4 Å². The van der Waals surface area contributed by atoms with Crippen molar-refractivity contribution in [2.45, 2.75) is 13.8 Å². The molecule has 2 N–H and O–H groups in total. The van der Waals surface area contributed by atoms with E-state index in [4.69, 9.17) is 5.73 Å². The summed E-state index contributed by atoms with van der Waals surface area (Å²) < 4.78 is 0. The molecule has 0 unspecified atom stereocenters. The summed E-state index contributed by atoms with van der Waals surface area (Å²) >= 11 is 0. The van der Waals surface area contributed by atoms with Crippen LogP contribution in [0.5, 0.6) is 0 Å². The molecule has 0 aliphatic heterocycles. The monoisotopic (exact) mass is 251 g/mol. The maximum absolute atomic E-state index is 5.74. The normalized spacial score (nSPS) is 9.79. The molecule has 0 radical (unpaired) electrons. The Labute approximate surface area is 113 Å². The molecular weight excluding hydrogens is 234 g/mol. The summed E-state index contributed by atoms with van der Waals surface area (Å²) in [5.74, 6) is 0.308. The molecule has 0 atom stereocenters. The zero-order valence-electron chi connectivity index (χ0n) is 11.2. The Morgan fingerprint density at radius 1 is 0.789 bits per heavy atom. The predicted molar refractivity (Wildman–Crippen MR) is 80.7 cm³/mol. The maximum Gasteiger partial charge on any atom is 0.221 e. The molecule has 0 bridgehead atoms. The van der Waals surface area contributed by atoms with E-state index in [9.17, 15) is 0 Å². The van der Waals surface area contributed by atoms with Crippen molar-refractivity contribution in [2.24, 2.45) is 0 Å². The van der Waals surface area contributed by atoms with Crippen LogP contribution in [0, 0.1) is 0 Å². The van der Waals surface area contributed by atoms with Gasteiger partial charge in [0.1, 0.15) is 0 Å². The van der Waals surface area contributed by atoms with Crippen LogP contribution in [-0.2, 0) is 0 Å². The van der Waals surface area contributed by atoms with E-state index < -0.39 is 0 Å². The fourth-order valence-electron chi connectivity index (χ4n) is 1.91. The Morgan fingerprint density at radius 2 is 1.42 bits per heavy atom. The molecule has 2 aromatic carbocycles. The van der Waals surface area contributed by atoms with Gasteiger partial charge in [-0.2, -0.15) is 0 Å². The Bertz CT molecular complexity index is 663. The van der Waals surface area contributed by atoms with E-state index in [2.05, 4.69) is 9.97 Å². The fourth-order valence-corrected chi connectivity index (χ4v) is 1.91. The van der Waals surface area contributed by atoms with Crippen LogP contribution in [0.2, 0.25) is 0 Å². The minimum atomic E-state index is 0.308. The van der Waals surface area contributed by atoms with Gasteiger partial charge in [0.25, 0.3) is 0 Å². The van der Waals surface area contributed by atoms with Gasteiger partial charge in [-0.1, -0.05) is 62.4 Å². The zero-order valence-corrected chi connectivity index (χ0v) is 11.2. The number of benzene rings is 2. The lowest BCUT2D eigenvalue weighted by Gasteiger charge is -2.06. The first-order valence-electron chi connectivity index (χ1n) is 6.42. The number of fused-ring (bicyclic) bond motifs is 1. The van der Waals surface area contributed by atoms with Crippen molar-refractivity contribution >= 4 is 16.9 Å². The van der Waals surface area contributed by atoms with Crippen molar-refractivity contribution in [1.29, 1.82) is 0 Å². The molecule has 19 heavy (non-hydrogen) atoms. The van der Waals surface area contributed by atoms with Gasteiger partial charge in [0.2, 0.25) is 5.95 Å². The van der Waals surface area contributed by atoms with Crippen molar-refractivity contribution in [3.63, 3.8) is 0 Å². The smallest absolute Gasteiger partial charge is 0.221 e. The lowest BCUT2D eigenvalue weighted by molar-refractivity contribution is 1.24. The summed E-state index contributed by atoms with van der Waals surface area (Å²) in [6.07, 6.45) is 0. The van der Waals surface area contributed by atoms with Gasteiger partial charge in [0.05, 0.1) is 11.2 Å². The summed E-state index contributed by atoms with van der Waals surface area (Å²) in [5.41, 5.74) is 8.55.